The van der Waals surface area contributed by atoms with Gasteiger partial charge in [0.2, 0.25) is 5.91 Å². The van der Waals surface area contributed by atoms with Gasteiger partial charge in [-0.15, -0.1) is 0 Å². The van der Waals surface area contributed by atoms with E-state index in [1.165, 1.54) is 0 Å². The van der Waals surface area contributed by atoms with Crippen molar-refractivity contribution in [1.29, 1.82) is 0 Å². The maximum atomic E-state index is 12.1. The van der Waals surface area contributed by atoms with E-state index in [-0.39, 0.29) is 0 Å². The highest BCUT2D eigenvalue weighted by atomic mass is 16.2. The van der Waals surface area contributed by atoms with Crippen molar-refractivity contribution in [3.63, 3.8) is 0 Å². The zero-order chi connectivity index (χ0) is 12.3. The van der Waals surface area contributed by atoms with Crippen molar-refractivity contribution in [2.24, 2.45) is 0 Å². The van der Waals surface area contributed by atoms with Gasteiger partial charge < -0.3 is 15.1 Å². The van der Waals surface area contributed by atoms with Crippen molar-refractivity contribution in [2.45, 2.75) is 13.0 Å². The Balaban J connectivity index is 1.76. The lowest BCUT2D eigenvalue weighted by Crippen LogP contribution is -2.54. The van der Waals surface area contributed by atoms with Crippen molar-refractivity contribution < 1.29 is 4.79 Å². The molecule has 5 nitrogen and oxygen atoms in total. The second kappa shape index (κ2) is 5.80. The van der Waals surface area contributed by atoms with E-state index >= 15 is 0 Å². The molecule has 2 rings (SSSR count). The number of rotatable bonds is 2. The minimum absolute atomic E-state index is 0.298. The molecule has 0 unspecified atom stereocenters. The first kappa shape index (κ1) is 12.8. The van der Waals surface area contributed by atoms with Gasteiger partial charge in [-0.05, 0) is 14.0 Å². The van der Waals surface area contributed by atoms with Crippen molar-refractivity contribution in [3.05, 3.63) is 0 Å². The lowest BCUT2D eigenvalue weighted by molar-refractivity contribution is -0.134. The molecule has 2 aliphatic rings. The van der Waals surface area contributed by atoms with Crippen molar-refractivity contribution >= 4 is 5.91 Å². The molecule has 0 aromatic rings. The summed E-state index contributed by atoms with van der Waals surface area (Å²) in [6, 6.07) is 0.504. The first-order valence-electron chi connectivity index (χ1n) is 6.57. The number of carbonyl (C=O) groups is 1. The Bertz CT molecular complexity index is 263. The summed E-state index contributed by atoms with van der Waals surface area (Å²) >= 11 is 0. The van der Waals surface area contributed by atoms with Gasteiger partial charge >= 0.3 is 0 Å². The van der Waals surface area contributed by atoms with Crippen molar-refractivity contribution in [1.82, 2.24) is 20.0 Å². The third kappa shape index (κ3) is 3.66. The number of piperazine rings is 2. The first-order valence-corrected chi connectivity index (χ1v) is 6.57. The van der Waals surface area contributed by atoms with E-state index in [1.807, 2.05) is 4.90 Å². The molecule has 1 atom stereocenters. The van der Waals surface area contributed by atoms with Crippen LogP contribution < -0.4 is 5.32 Å². The Hall–Kier alpha value is -0.650. The lowest BCUT2D eigenvalue weighted by Gasteiger charge is -2.36. The summed E-state index contributed by atoms with van der Waals surface area (Å²) in [7, 11) is 2.11. The van der Waals surface area contributed by atoms with E-state index in [2.05, 4.69) is 29.1 Å². The lowest BCUT2D eigenvalue weighted by atomic mass is 10.2. The first-order chi connectivity index (χ1) is 8.15. The molecule has 0 spiro atoms. The molecule has 0 aromatic carbocycles. The van der Waals surface area contributed by atoms with Gasteiger partial charge in [0.1, 0.15) is 0 Å². The average molecular weight is 240 g/mol. The highest BCUT2D eigenvalue weighted by Crippen LogP contribution is 2.03. The molecule has 98 valence electrons. The molecule has 5 heteroatoms. The van der Waals surface area contributed by atoms with Crippen LogP contribution in [0.4, 0.5) is 0 Å². The molecule has 0 bridgehead atoms. The van der Waals surface area contributed by atoms with Crippen LogP contribution in [0.15, 0.2) is 0 Å². The van der Waals surface area contributed by atoms with Crippen molar-refractivity contribution in [3.8, 4) is 0 Å². The summed E-state index contributed by atoms with van der Waals surface area (Å²) in [4.78, 5) is 18.7. The number of amides is 1. The molecular weight excluding hydrogens is 216 g/mol. The predicted octanol–water partition coefficient (Wildman–Crippen LogP) is -0.946. The van der Waals surface area contributed by atoms with Crippen molar-refractivity contribution in [2.75, 3.05) is 59.4 Å². The van der Waals surface area contributed by atoms with Gasteiger partial charge in [-0.1, -0.05) is 0 Å². The van der Waals surface area contributed by atoms with Gasteiger partial charge in [-0.2, -0.15) is 0 Å². The molecular formula is C12H24N4O. The van der Waals surface area contributed by atoms with E-state index < -0.39 is 0 Å². The second-order valence-electron chi connectivity index (χ2n) is 5.27. The molecule has 0 aromatic heterocycles. The highest BCUT2D eigenvalue weighted by molar-refractivity contribution is 5.78. The van der Waals surface area contributed by atoms with Crippen LogP contribution >= 0.6 is 0 Å². The van der Waals surface area contributed by atoms with Crippen LogP contribution in [0.5, 0.6) is 0 Å². The number of nitrogens with zero attached hydrogens (tertiary/aromatic N) is 3. The van der Waals surface area contributed by atoms with Crippen LogP contribution in [0.1, 0.15) is 6.92 Å². The van der Waals surface area contributed by atoms with Gasteiger partial charge in [-0.3, -0.25) is 9.69 Å². The molecule has 1 N–H and O–H groups in total. The molecule has 0 aliphatic carbocycles. The third-order valence-electron chi connectivity index (χ3n) is 3.67. The van der Waals surface area contributed by atoms with Gasteiger partial charge in [0.25, 0.3) is 0 Å². The molecule has 2 fully saturated rings. The van der Waals surface area contributed by atoms with E-state index in [9.17, 15) is 4.79 Å². The normalized spacial score (nSPS) is 28.4. The smallest absolute Gasteiger partial charge is 0.236 e. The topological polar surface area (TPSA) is 38.8 Å². The van der Waals surface area contributed by atoms with Crippen LogP contribution in [-0.2, 0) is 4.79 Å². The molecule has 2 aliphatic heterocycles. The minimum Gasteiger partial charge on any atom is -0.339 e. The SMILES string of the molecule is C[C@@H]1CN(CC(=O)N2CCN(C)CC2)CCN1. The fourth-order valence-corrected chi connectivity index (χ4v) is 2.50. The Morgan fingerprint density at radius 2 is 1.94 bits per heavy atom. The van der Waals surface area contributed by atoms with Crippen LogP contribution in [0.25, 0.3) is 0 Å². The number of nitrogens with one attached hydrogen (secondary N) is 1. The van der Waals surface area contributed by atoms with Gasteiger partial charge in [0.15, 0.2) is 0 Å². The maximum Gasteiger partial charge on any atom is 0.236 e. The molecule has 2 saturated heterocycles. The summed E-state index contributed by atoms with van der Waals surface area (Å²) < 4.78 is 0. The zero-order valence-electron chi connectivity index (χ0n) is 11.0. The van der Waals surface area contributed by atoms with Gasteiger partial charge in [-0.25, -0.2) is 0 Å². The molecule has 1 amide bonds. The van der Waals surface area contributed by atoms with Gasteiger partial charge in [0.05, 0.1) is 6.54 Å². The molecule has 0 saturated carbocycles. The van der Waals surface area contributed by atoms with E-state index in [4.69, 9.17) is 0 Å². The maximum absolute atomic E-state index is 12.1. The third-order valence-corrected chi connectivity index (χ3v) is 3.67. The molecule has 2 heterocycles. The Morgan fingerprint density at radius 1 is 1.24 bits per heavy atom. The highest BCUT2D eigenvalue weighted by Gasteiger charge is 2.23. The zero-order valence-corrected chi connectivity index (χ0v) is 11.0. The Labute approximate surface area is 104 Å². The van der Waals surface area contributed by atoms with E-state index in [0.717, 1.165) is 45.8 Å². The summed E-state index contributed by atoms with van der Waals surface area (Å²) in [6.45, 7) is 9.52. The number of likely N-dealkylation sites (N-methyl/N-ethyl adjacent to an activating group) is 1. The predicted molar refractivity (Wildman–Crippen MR) is 68.0 cm³/mol. The second-order valence-corrected chi connectivity index (χ2v) is 5.27. The minimum atomic E-state index is 0.298. The van der Waals surface area contributed by atoms with Crippen LogP contribution in [0.3, 0.4) is 0 Å². The Morgan fingerprint density at radius 3 is 2.59 bits per heavy atom. The van der Waals surface area contributed by atoms with Crippen LogP contribution in [0, 0.1) is 0 Å². The standard InChI is InChI=1S/C12H24N4O/c1-11-9-15(4-3-13-11)10-12(17)16-7-5-14(2)6-8-16/h11,13H,3-10H2,1-2H3/t11-/m1/s1. The van der Waals surface area contributed by atoms with Crippen LogP contribution in [0.2, 0.25) is 0 Å². The van der Waals surface area contributed by atoms with Crippen LogP contribution in [-0.4, -0.2) is 86.1 Å². The fourth-order valence-electron chi connectivity index (χ4n) is 2.50. The Kier molecular flexibility index (Phi) is 4.36. The average Bonchev–Trinajstić information content (AvgIpc) is 2.29. The number of hydrogen-bond donors (Lipinski definition) is 1. The fraction of sp³-hybridized carbons (Fsp3) is 0.917. The van der Waals surface area contributed by atoms with Gasteiger partial charge in [0, 0.05) is 51.9 Å². The molecule has 0 radical (unpaired) electrons. The summed E-state index contributed by atoms with van der Waals surface area (Å²) in [5.41, 5.74) is 0. The van der Waals surface area contributed by atoms with E-state index in [0.29, 0.717) is 18.5 Å². The number of carbonyl (C=O) groups excluding carboxylic acids is 1. The summed E-state index contributed by atoms with van der Waals surface area (Å²) in [5.74, 6) is 0.298. The molecule has 17 heavy (non-hydrogen) atoms. The monoisotopic (exact) mass is 240 g/mol. The largest absolute Gasteiger partial charge is 0.339 e. The summed E-state index contributed by atoms with van der Waals surface area (Å²) in [5, 5.41) is 3.40. The van der Waals surface area contributed by atoms with E-state index in [1.54, 1.807) is 0 Å². The summed E-state index contributed by atoms with van der Waals surface area (Å²) in [6.07, 6.45) is 0. The quantitative estimate of drug-likeness (QED) is 0.676. The number of hydrogen-bond acceptors (Lipinski definition) is 4.